The zero-order valence-electron chi connectivity index (χ0n) is 20.7. The van der Waals surface area contributed by atoms with Gasteiger partial charge in [0.05, 0.1) is 11.7 Å². The third kappa shape index (κ3) is 10.2. The monoisotopic (exact) mass is 550 g/mol. The molecule has 1 aliphatic heterocycles. The van der Waals surface area contributed by atoms with Gasteiger partial charge in [-0.25, -0.2) is 5.43 Å². The van der Waals surface area contributed by atoms with Crippen LogP contribution in [0.1, 0.15) is 65.7 Å². The van der Waals surface area contributed by atoms with E-state index in [4.69, 9.17) is 39.5 Å². The van der Waals surface area contributed by atoms with Crippen LogP contribution in [0.15, 0.2) is 23.9 Å². The van der Waals surface area contributed by atoms with E-state index in [9.17, 15) is 14.4 Å². The summed E-state index contributed by atoms with van der Waals surface area (Å²) in [6, 6.07) is -1.54. The Morgan fingerprint density at radius 2 is 1.91 bits per heavy atom. The fourth-order valence-electron chi connectivity index (χ4n) is 3.99. The first-order chi connectivity index (χ1) is 16.4. The fraction of sp³-hybridized carbons (Fsp3) is 0.708. The van der Waals surface area contributed by atoms with Crippen molar-refractivity contribution >= 4 is 52.6 Å². The number of amides is 2. The largest absolute Gasteiger partial charge is 0.460 e. The minimum atomic E-state index is -1.67. The number of halogens is 3. The standard InChI is InChI=1S/C24H37Cl3N4O4/c1-5-6-7-10-19(32)29-20(15(2)3)22(33)28-16(4)21(17-11-12-17)31-13-8-9-18(30-31)23(34)35-14-24(25,26)27/h5,15-16,18,20,30H,1,6-14H2,2-4H3,(H,28,33)(H,29,32). The molecule has 0 bridgehead atoms. The first-order valence-corrected chi connectivity index (χ1v) is 13.3. The first kappa shape index (κ1) is 29.7. The molecule has 0 spiro atoms. The van der Waals surface area contributed by atoms with E-state index >= 15 is 0 Å². The number of allylic oxidation sites excluding steroid dienone is 2. The van der Waals surface area contributed by atoms with E-state index in [1.807, 2.05) is 25.8 Å². The Hall–Kier alpha value is -1.48. The number of hydrogen-bond donors (Lipinski definition) is 3. The van der Waals surface area contributed by atoms with Crippen LogP contribution in [0.5, 0.6) is 0 Å². The third-order valence-electron chi connectivity index (χ3n) is 5.85. The second kappa shape index (κ2) is 13.7. The highest BCUT2D eigenvalue weighted by atomic mass is 35.6. The van der Waals surface area contributed by atoms with Crippen LogP contribution in [-0.4, -0.2) is 57.9 Å². The van der Waals surface area contributed by atoms with Crippen molar-refractivity contribution in [3.63, 3.8) is 0 Å². The summed E-state index contributed by atoms with van der Waals surface area (Å²) in [5.74, 6) is -0.952. The number of hydrazine groups is 1. The minimum absolute atomic E-state index is 0.0761. The predicted molar refractivity (Wildman–Crippen MR) is 139 cm³/mol. The average Bonchev–Trinajstić information content (AvgIpc) is 3.60. The fourth-order valence-corrected chi connectivity index (χ4v) is 4.16. The van der Waals surface area contributed by atoms with Crippen molar-refractivity contribution in [3.05, 3.63) is 23.9 Å². The molecular formula is C24H37Cl3N4O4. The Labute approximate surface area is 223 Å². The van der Waals surface area contributed by atoms with E-state index in [0.717, 1.165) is 31.4 Å². The Morgan fingerprint density at radius 1 is 1.23 bits per heavy atom. The van der Waals surface area contributed by atoms with Crippen LogP contribution in [0.2, 0.25) is 0 Å². The summed E-state index contributed by atoms with van der Waals surface area (Å²) in [5.41, 5.74) is 5.38. The van der Waals surface area contributed by atoms with Gasteiger partial charge in [0, 0.05) is 13.0 Å². The van der Waals surface area contributed by atoms with Gasteiger partial charge in [0.2, 0.25) is 15.6 Å². The van der Waals surface area contributed by atoms with Gasteiger partial charge in [0.15, 0.2) is 0 Å². The van der Waals surface area contributed by atoms with Gasteiger partial charge in [-0.3, -0.25) is 14.4 Å². The summed E-state index contributed by atoms with van der Waals surface area (Å²) in [6.45, 7) is 9.73. The van der Waals surface area contributed by atoms with Crippen molar-refractivity contribution in [1.82, 2.24) is 21.1 Å². The minimum Gasteiger partial charge on any atom is -0.460 e. The van der Waals surface area contributed by atoms with Gasteiger partial charge in [-0.1, -0.05) is 54.7 Å². The molecule has 2 aliphatic rings. The number of ether oxygens (including phenoxy) is 1. The van der Waals surface area contributed by atoms with Crippen molar-refractivity contribution in [2.75, 3.05) is 13.2 Å². The normalized spacial score (nSPS) is 19.6. The van der Waals surface area contributed by atoms with E-state index < -0.39 is 21.8 Å². The molecular weight excluding hydrogens is 515 g/mol. The van der Waals surface area contributed by atoms with E-state index in [1.54, 1.807) is 6.08 Å². The first-order valence-electron chi connectivity index (χ1n) is 12.1. The molecule has 1 aliphatic carbocycles. The van der Waals surface area contributed by atoms with Crippen molar-refractivity contribution in [1.29, 1.82) is 0 Å². The topological polar surface area (TPSA) is 99.8 Å². The number of esters is 1. The summed E-state index contributed by atoms with van der Waals surface area (Å²) in [5, 5.41) is 7.86. The van der Waals surface area contributed by atoms with Gasteiger partial charge < -0.3 is 20.4 Å². The van der Waals surface area contributed by atoms with Crippen molar-refractivity contribution in [2.24, 2.45) is 5.92 Å². The molecule has 0 aromatic carbocycles. The molecule has 0 radical (unpaired) electrons. The summed E-state index contributed by atoms with van der Waals surface area (Å²) in [7, 11) is 0. The molecule has 35 heavy (non-hydrogen) atoms. The van der Waals surface area contributed by atoms with Gasteiger partial charge in [0.25, 0.3) is 0 Å². The molecule has 2 fully saturated rings. The van der Waals surface area contributed by atoms with E-state index in [-0.39, 0.29) is 30.4 Å². The second-order valence-electron chi connectivity index (χ2n) is 9.39. The molecule has 198 valence electrons. The van der Waals surface area contributed by atoms with Crippen molar-refractivity contribution in [2.45, 2.75) is 87.6 Å². The average molecular weight is 552 g/mol. The van der Waals surface area contributed by atoms with Crippen molar-refractivity contribution in [3.8, 4) is 0 Å². The van der Waals surface area contributed by atoms with Gasteiger partial charge in [-0.2, -0.15) is 0 Å². The molecule has 0 aromatic heterocycles. The molecule has 2 amide bonds. The molecule has 1 saturated carbocycles. The summed E-state index contributed by atoms with van der Waals surface area (Å²) >= 11 is 17.1. The molecule has 2 rings (SSSR count). The van der Waals surface area contributed by atoms with Gasteiger partial charge >= 0.3 is 5.97 Å². The number of nitrogens with one attached hydrogen (secondary N) is 3. The van der Waals surface area contributed by atoms with Gasteiger partial charge in [-0.05, 0) is 56.9 Å². The van der Waals surface area contributed by atoms with Gasteiger partial charge in [-0.15, -0.1) is 6.58 Å². The predicted octanol–water partition coefficient (Wildman–Crippen LogP) is 3.92. The Balaban J connectivity index is 2.01. The number of carbonyl (C=O) groups excluding carboxylic acids is 3. The Bertz CT molecular complexity index is 807. The van der Waals surface area contributed by atoms with Crippen LogP contribution in [0.25, 0.3) is 0 Å². The number of nitrogens with zero attached hydrogens (tertiary/aromatic N) is 1. The number of alkyl halides is 3. The van der Waals surface area contributed by atoms with E-state index in [1.165, 1.54) is 5.57 Å². The maximum Gasteiger partial charge on any atom is 0.325 e. The maximum absolute atomic E-state index is 13.1. The van der Waals surface area contributed by atoms with E-state index in [0.29, 0.717) is 25.8 Å². The molecule has 3 unspecified atom stereocenters. The SMILES string of the molecule is C=CCCCC(=O)NC(C(=O)NC(C)C(=C1CC1)N1CCCC(C(=O)OCC(Cl)(Cl)Cl)N1)C(C)C. The van der Waals surface area contributed by atoms with Crippen LogP contribution in [-0.2, 0) is 19.1 Å². The summed E-state index contributed by atoms with van der Waals surface area (Å²) in [4.78, 5) is 37.9. The summed E-state index contributed by atoms with van der Waals surface area (Å²) < 4.78 is 3.48. The molecule has 8 nitrogen and oxygen atoms in total. The van der Waals surface area contributed by atoms with Crippen LogP contribution < -0.4 is 16.1 Å². The zero-order chi connectivity index (χ0) is 26.2. The lowest BCUT2D eigenvalue weighted by Gasteiger charge is -2.38. The molecule has 11 heteroatoms. The lowest BCUT2D eigenvalue weighted by molar-refractivity contribution is -0.148. The highest BCUT2D eigenvalue weighted by molar-refractivity contribution is 6.67. The van der Waals surface area contributed by atoms with Crippen molar-refractivity contribution < 1.29 is 19.1 Å². The smallest absolute Gasteiger partial charge is 0.325 e. The molecule has 3 N–H and O–H groups in total. The quantitative estimate of drug-likeness (QED) is 0.147. The number of hydrogen-bond acceptors (Lipinski definition) is 6. The van der Waals surface area contributed by atoms with Crippen LogP contribution in [0.3, 0.4) is 0 Å². The highest BCUT2D eigenvalue weighted by Gasteiger charge is 2.35. The molecule has 1 saturated heterocycles. The highest BCUT2D eigenvalue weighted by Crippen LogP contribution is 2.35. The molecule has 1 heterocycles. The van der Waals surface area contributed by atoms with Crippen LogP contribution in [0, 0.1) is 5.92 Å². The number of unbranched alkanes of at least 4 members (excludes halogenated alkanes) is 1. The number of rotatable bonds is 12. The Kier molecular flexibility index (Phi) is 11.7. The van der Waals surface area contributed by atoms with E-state index in [2.05, 4.69) is 22.6 Å². The third-order valence-corrected chi connectivity index (χ3v) is 6.18. The second-order valence-corrected chi connectivity index (χ2v) is 11.9. The van der Waals surface area contributed by atoms with Crippen LogP contribution >= 0.6 is 34.8 Å². The molecule has 3 atom stereocenters. The number of carbonyl (C=O) groups is 3. The Morgan fingerprint density at radius 3 is 2.49 bits per heavy atom. The zero-order valence-corrected chi connectivity index (χ0v) is 22.9. The van der Waals surface area contributed by atoms with Gasteiger partial charge in [0.1, 0.15) is 18.7 Å². The maximum atomic E-state index is 13.1. The summed E-state index contributed by atoms with van der Waals surface area (Å²) in [6.07, 6.45) is 6.78. The van der Waals surface area contributed by atoms with Crippen LogP contribution in [0.4, 0.5) is 0 Å². The lowest BCUT2D eigenvalue weighted by atomic mass is 10.0. The molecule has 0 aromatic rings. The lowest BCUT2D eigenvalue weighted by Crippen LogP contribution is -2.57.